The summed E-state index contributed by atoms with van der Waals surface area (Å²) >= 11 is 6.47. The summed E-state index contributed by atoms with van der Waals surface area (Å²) < 4.78 is 22.3. The van der Waals surface area contributed by atoms with Crippen LogP contribution in [0.5, 0.6) is 0 Å². The molecule has 0 radical (unpaired) electrons. The maximum absolute atomic E-state index is 16.8. The predicted octanol–water partition coefficient (Wildman–Crippen LogP) is 6.32. The molecule has 1 aliphatic carbocycles. The van der Waals surface area contributed by atoms with Crippen molar-refractivity contribution in [3.8, 4) is 11.1 Å². The van der Waals surface area contributed by atoms with Crippen LogP contribution >= 0.6 is 11.6 Å². The summed E-state index contributed by atoms with van der Waals surface area (Å²) in [4.78, 5) is 24.9. The van der Waals surface area contributed by atoms with Crippen molar-refractivity contribution in [1.29, 1.82) is 0 Å². The lowest BCUT2D eigenvalue weighted by Crippen LogP contribution is -2.39. The smallest absolute Gasteiger partial charge is 0.218 e. The van der Waals surface area contributed by atoms with Gasteiger partial charge in [0.15, 0.2) is 12.1 Å². The van der Waals surface area contributed by atoms with E-state index < -0.39 is 5.79 Å². The highest BCUT2D eigenvalue weighted by molar-refractivity contribution is 6.33. The van der Waals surface area contributed by atoms with Crippen LogP contribution in [0, 0.1) is 6.92 Å². The third kappa shape index (κ3) is 4.12. The van der Waals surface area contributed by atoms with Crippen molar-refractivity contribution in [3.05, 3.63) is 101 Å². The lowest BCUT2D eigenvalue weighted by molar-refractivity contribution is -0.106. The van der Waals surface area contributed by atoms with Crippen LogP contribution in [0.4, 0.5) is 10.2 Å². The molecule has 2 heterocycles. The molecule has 0 spiro atoms. The SMILES string of the molecule is COC1=C(C=O)C(F)(Nc2nccc3nccnc23)CC(c2cccc(-c3ccccc3Cl)c2C)=C1. The van der Waals surface area contributed by atoms with Gasteiger partial charge >= 0.3 is 0 Å². The van der Waals surface area contributed by atoms with Crippen LogP contribution in [0.25, 0.3) is 27.7 Å². The summed E-state index contributed by atoms with van der Waals surface area (Å²) in [5, 5.41) is 3.45. The Bertz CT molecular complexity index is 1550. The van der Waals surface area contributed by atoms with E-state index in [2.05, 4.69) is 20.3 Å². The topological polar surface area (TPSA) is 77.0 Å². The van der Waals surface area contributed by atoms with Crippen LogP contribution in [0.15, 0.2) is 84.5 Å². The first-order chi connectivity index (χ1) is 17.4. The molecule has 0 amide bonds. The largest absolute Gasteiger partial charge is 0.496 e. The Labute approximate surface area is 212 Å². The number of carbonyl (C=O) groups is 1. The third-order valence-corrected chi connectivity index (χ3v) is 6.65. The molecule has 2 aromatic heterocycles. The van der Waals surface area contributed by atoms with Crippen molar-refractivity contribution < 1.29 is 13.9 Å². The number of nitrogens with zero attached hydrogens (tertiary/aromatic N) is 3. The number of pyridine rings is 1. The van der Waals surface area contributed by atoms with E-state index in [1.54, 1.807) is 18.3 Å². The van der Waals surface area contributed by atoms with E-state index in [9.17, 15) is 4.79 Å². The highest BCUT2D eigenvalue weighted by atomic mass is 35.5. The number of hydrogen-bond donors (Lipinski definition) is 1. The van der Waals surface area contributed by atoms with E-state index in [0.29, 0.717) is 27.9 Å². The molecule has 36 heavy (non-hydrogen) atoms. The molecule has 6 nitrogen and oxygen atoms in total. The van der Waals surface area contributed by atoms with Crippen LogP contribution in [0.3, 0.4) is 0 Å². The maximum atomic E-state index is 16.8. The zero-order valence-corrected chi connectivity index (χ0v) is 20.4. The minimum atomic E-state index is -2.30. The fourth-order valence-electron chi connectivity index (χ4n) is 4.58. The number of allylic oxidation sites excluding steroid dienone is 1. The maximum Gasteiger partial charge on any atom is 0.218 e. The van der Waals surface area contributed by atoms with Crippen molar-refractivity contribution in [3.63, 3.8) is 0 Å². The summed E-state index contributed by atoms with van der Waals surface area (Å²) in [7, 11) is 1.41. The van der Waals surface area contributed by atoms with Crippen LogP contribution in [0.2, 0.25) is 5.02 Å². The molecule has 0 bridgehead atoms. The first kappa shape index (κ1) is 23.6. The highest BCUT2D eigenvalue weighted by Crippen LogP contribution is 2.43. The number of hydrogen-bond acceptors (Lipinski definition) is 6. The van der Waals surface area contributed by atoms with Crippen molar-refractivity contribution in [2.75, 3.05) is 12.4 Å². The number of aromatic nitrogens is 3. The van der Waals surface area contributed by atoms with Gasteiger partial charge in [0.05, 0.1) is 18.2 Å². The number of ether oxygens (including phenoxy) is 1. The molecule has 0 saturated carbocycles. The molecule has 1 unspecified atom stereocenters. The van der Waals surface area contributed by atoms with Gasteiger partial charge in [-0.1, -0.05) is 48.0 Å². The average Bonchev–Trinajstić information content (AvgIpc) is 2.89. The van der Waals surface area contributed by atoms with Gasteiger partial charge in [0, 0.05) is 35.6 Å². The third-order valence-electron chi connectivity index (χ3n) is 6.32. The Morgan fingerprint density at radius 1 is 1.00 bits per heavy atom. The quantitative estimate of drug-likeness (QED) is 0.246. The number of fused-ring (bicyclic) bond motifs is 1. The van der Waals surface area contributed by atoms with Gasteiger partial charge in [-0.25, -0.2) is 14.4 Å². The second-order valence-electron chi connectivity index (χ2n) is 8.41. The van der Waals surface area contributed by atoms with E-state index in [1.165, 1.54) is 19.5 Å². The summed E-state index contributed by atoms with van der Waals surface area (Å²) in [6.07, 6.45) is 6.61. The fraction of sp³-hybridized carbons (Fsp3) is 0.143. The first-order valence-electron chi connectivity index (χ1n) is 11.3. The minimum absolute atomic E-state index is 0.134. The number of rotatable bonds is 6. The Balaban J connectivity index is 1.62. The number of benzene rings is 2. The zero-order valence-electron chi connectivity index (χ0n) is 19.6. The van der Waals surface area contributed by atoms with Crippen LogP contribution in [0.1, 0.15) is 17.5 Å². The van der Waals surface area contributed by atoms with Crippen molar-refractivity contribution >= 4 is 40.3 Å². The predicted molar refractivity (Wildman–Crippen MR) is 139 cm³/mol. The number of anilines is 1. The van der Waals surface area contributed by atoms with Crippen LogP contribution in [-0.2, 0) is 9.53 Å². The lowest BCUT2D eigenvalue weighted by atomic mass is 9.83. The molecule has 5 rings (SSSR count). The Morgan fingerprint density at radius 3 is 2.53 bits per heavy atom. The summed E-state index contributed by atoms with van der Waals surface area (Å²) in [6.45, 7) is 1.97. The number of halogens is 2. The van der Waals surface area contributed by atoms with E-state index >= 15 is 4.39 Å². The minimum Gasteiger partial charge on any atom is -0.496 e. The Hall–Kier alpha value is -4.10. The summed E-state index contributed by atoms with van der Waals surface area (Å²) in [5.41, 5.74) is 5.02. The molecule has 0 saturated heterocycles. The molecule has 1 aliphatic rings. The van der Waals surface area contributed by atoms with Gasteiger partial charge in [-0.05, 0) is 47.4 Å². The van der Waals surface area contributed by atoms with Gasteiger partial charge in [0.25, 0.3) is 0 Å². The number of alkyl halides is 1. The first-order valence-corrected chi connectivity index (χ1v) is 11.6. The van der Waals surface area contributed by atoms with Gasteiger partial charge < -0.3 is 10.1 Å². The van der Waals surface area contributed by atoms with Crippen molar-refractivity contribution in [2.45, 2.75) is 19.1 Å². The Morgan fingerprint density at radius 2 is 1.75 bits per heavy atom. The molecule has 2 aromatic carbocycles. The molecule has 0 aliphatic heterocycles. The molecular formula is C28H22ClFN4O2. The molecule has 8 heteroatoms. The van der Waals surface area contributed by atoms with Gasteiger partial charge in [-0.15, -0.1) is 0 Å². The van der Waals surface area contributed by atoms with E-state index in [-0.39, 0.29) is 23.6 Å². The molecular weight excluding hydrogens is 479 g/mol. The standard InChI is InChI=1S/C28H22ClFN4O2/c1-17-19(7-5-8-20(17)21-6-3-4-9-23(21)29)18-14-25(36-2)22(16-35)28(30,15-18)34-27-26-24(10-11-33-27)31-12-13-32-26/h3-14,16H,15H2,1-2H3,(H,33,34). The van der Waals surface area contributed by atoms with Gasteiger partial charge in [-0.3, -0.25) is 9.78 Å². The number of nitrogens with one attached hydrogen (secondary N) is 1. The summed E-state index contributed by atoms with van der Waals surface area (Å²) in [6, 6.07) is 15.1. The number of methoxy groups -OCH3 is 1. The van der Waals surface area contributed by atoms with Crippen LogP contribution in [-0.4, -0.2) is 34.1 Å². The summed E-state index contributed by atoms with van der Waals surface area (Å²) in [5.74, 6) is -1.99. The molecule has 1 atom stereocenters. The Kier molecular flexibility index (Phi) is 6.24. The average molecular weight is 501 g/mol. The van der Waals surface area contributed by atoms with E-state index in [1.807, 2.05) is 49.4 Å². The highest BCUT2D eigenvalue weighted by Gasteiger charge is 2.42. The van der Waals surface area contributed by atoms with Crippen molar-refractivity contribution in [2.24, 2.45) is 0 Å². The molecule has 180 valence electrons. The zero-order chi connectivity index (χ0) is 25.3. The monoisotopic (exact) mass is 500 g/mol. The van der Waals surface area contributed by atoms with Gasteiger partial charge in [0.1, 0.15) is 11.3 Å². The number of carbonyl (C=O) groups excluding carboxylic acids is 1. The normalized spacial score (nSPS) is 17.6. The number of aldehydes is 1. The molecule has 1 N–H and O–H groups in total. The second-order valence-corrected chi connectivity index (χ2v) is 8.82. The van der Waals surface area contributed by atoms with Crippen molar-refractivity contribution in [1.82, 2.24) is 15.0 Å². The lowest BCUT2D eigenvalue weighted by Gasteiger charge is -2.33. The molecule has 0 fully saturated rings. The van der Waals surface area contributed by atoms with Gasteiger partial charge in [-0.2, -0.15) is 0 Å². The van der Waals surface area contributed by atoms with E-state index in [4.69, 9.17) is 16.3 Å². The van der Waals surface area contributed by atoms with E-state index in [0.717, 1.165) is 22.3 Å². The molecule has 4 aromatic rings. The van der Waals surface area contributed by atoms with Crippen LogP contribution < -0.4 is 5.32 Å². The second kappa shape index (κ2) is 9.51. The van der Waals surface area contributed by atoms with Gasteiger partial charge in [0.2, 0.25) is 5.79 Å². The fourth-order valence-corrected chi connectivity index (χ4v) is 4.81.